The minimum Gasteiger partial charge on any atom is -0.388 e. The van der Waals surface area contributed by atoms with Gasteiger partial charge in [0, 0.05) is 12.0 Å². The Hall–Kier alpha value is -1.74. The summed E-state index contributed by atoms with van der Waals surface area (Å²) in [5.41, 5.74) is 1.80. The molecule has 20 heavy (non-hydrogen) atoms. The van der Waals surface area contributed by atoms with E-state index in [4.69, 9.17) is 0 Å². The van der Waals surface area contributed by atoms with Crippen LogP contribution in [0.2, 0.25) is 0 Å². The average molecular weight is 276 g/mol. The van der Waals surface area contributed by atoms with Crippen LogP contribution in [-0.2, 0) is 12.8 Å². The van der Waals surface area contributed by atoms with Crippen molar-refractivity contribution < 1.29 is 13.9 Å². The van der Waals surface area contributed by atoms with Crippen LogP contribution in [0.15, 0.2) is 42.5 Å². The van der Waals surface area contributed by atoms with Gasteiger partial charge in [0.1, 0.15) is 11.6 Å². The fourth-order valence-electron chi connectivity index (χ4n) is 2.23. The summed E-state index contributed by atoms with van der Waals surface area (Å²) in [5.74, 6) is -1.24. The number of hydrogen-bond acceptors (Lipinski definition) is 1. The molecule has 2 aromatic carbocycles. The van der Waals surface area contributed by atoms with Crippen molar-refractivity contribution in [1.29, 1.82) is 0 Å². The normalized spacial score (nSPS) is 12.4. The number of halogens is 2. The molecule has 1 N–H and O–H groups in total. The van der Waals surface area contributed by atoms with Gasteiger partial charge in [-0.05, 0) is 29.7 Å². The Bertz CT molecular complexity index is 543. The SMILES string of the molecule is CCCc1ccc(C(O)Cc2c(F)cccc2F)cc1. The number of aliphatic hydroxyl groups is 1. The Morgan fingerprint density at radius 1 is 1.00 bits per heavy atom. The Morgan fingerprint density at radius 2 is 1.60 bits per heavy atom. The first kappa shape index (κ1) is 14.7. The molecule has 3 heteroatoms. The van der Waals surface area contributed by atoms with Gasteiger partial charge in [-0.2, -0.15) is 0 Å². The lowest BCUT2D eigenvalue weighted by Crippen LogP contribution is -2.06. The summed E-state index contributed by atoms with van der Waals surface area (Å²) in [6, 6.07) is 11.2. The van der Waals surface area contributed by atoms with Gasteiger partial charge in [0.25, 0.3) is 0 Å². The lowest BCUT2D eigenvalue weighted by molar-refractivity contribution is 0.175. The summed E-state index contributed by atoms with van der Waals surface area (Å²) < 4.78 is 27.1. The van der Waals surface area contributed by atoms with E-state index in [1.165, 1.54) is 23.8 Å². The van der Waals surface area contributed by atoms with Gasteiger partial charge in [0.05, 0.1) is 6.10 Å². The highest BCUT2D eigenvalue weighted by atomic mass is 19.1. The molecular formula is C17H18F2O. The van der Waals surface area contributed by atoms with Crippen molar-refractivity contribution in [2.45, 2.75) is 32.3 Å². The summed E-state index contributed by atoms with van der Waals surface area (Å²) >= 11 is 0. The van der Waals surface area contributed by atoms with Gasteiger partial charge in [0.15, 0.2) is 0 Å². The summed E-state index contributed by atoms with van der Waals surface area (Å²) in [5, 5.41) is 10.1. The van der Waals surface area contributed by atoms with Crippen LogP contribution < -0.4 is 0 Å². The highest BCUT2D eigenvalue weighted by Gasteiger charge is 2.15. The zero-order valence-electron chi connectivity index (χ0n) is 11.4. The third-order valence-electron chi connectivity index (χ3n) is 3.36. The van der Waals surface area contributed by atoms with Crippen LogP contribution in [0, 0.1) is 11.6 Å². The lowest BCUT2D eigenvalue weighted by Gasteiger charge is -2.13. The highest BCUT2D eigenvalue weighted by Crippen LogP contribution is 2.22. The van der Waals surface area contributed by atoms with Gasteiger partial charge >= 0.3 is 0 Å². The molecule has 0 heterocycles. The van der Waals surface area contributed by atoms with Crippen molar-refractivity contribution in [2.24, 2.45) is 0 Å². The topological polar surface area (TPSA) is 20.2 Å². The van der Waals surface area contributed by atoms with Crippen molar-refractivity contribution in [1.82, 2.24) is 0 Å². The molecule has 0 aliphatic heterocycles. The van der Waals surface area contributed by atoms with Gasteiger partial charge in [-0.3, -0.25) is 0 Å². The maximum atomic E-state index is 13.5. The van der Waals surface area contributed by atoms with Gasteiger partial charge in [-0.25, -0.2) is 8.78 Å². The molecule has 0 radical (unpaired) electrons. The molecule has 2 aromatic rings. The first-order chi connectivity index (χ1) is 9.61. The number of benzene rings is 2. The summed E-state index contributed by atoms with van der Waals surface area (Å²) in [6.07, 6.45) is 1.07. The number of hydrogen-bond donors (Lipinski definition) is 1. The predicted molar refractivity (Wildman–Crippen MR) is 75.5 cm³/mol. The Morgan fingerprint density at radius 3 is 2.15 bits per heavy atom. The zero-order chi connectivity index (χ0) is 14.5. The summed E-state index contributed by atoms with van der Waals surface area (Å²) in [4.78, 5) is 0. The van der Waals surface area contributed by atoms with Crippen LogP contribution in [0.5, 0.6) is 0 Å². The van der Waals surface area contributed by atoms with E-state index in [1.807, 2.05) is 24.3 Å². The minimum absolute atomic E-state index is 0.0639. The van der Waals surface area contributed by atoms with E-state index in [0.29, 0.717) is 5.56 Å². The minimum atomic E-state index is -0.905. The van der Waals surface area contributed by atoms with E-state index in [2.05, 4.69) is 6.92 Å². The first-order valence-corrected chi connectivity index (χ1v) is 6.81. The zero-order valence-corrected chi connectivity index (χ0v) is 11.4. The molecule has 0 aromatic heterocycles. The second-order valence-electron chi connectivity index (χ2n) is 4.91. The molecule has 1 nitrogen and oxygen atoms in total. The van der Waals surface area contributed by atoms with E-state index in [9.17, 15) is 13.9 Å². The Balaban J connectivity index is 2.13. The van der Waals surface area contributed by atoms with Crippen molar-refractivity contribution in [3.63, 3.8) is 0 Å². The average Bonchev–Trinajstić information content (AvgIpc) is 2.44. The van der Waals surface area contributed by atoms with Crippen LogP contribution in [0.3, 0.4) is 0 Å². The molecule has 2 rings (SSSR count). The van der Waals surface area contributed by atoms with Gasteiger partial charge in [-0.1, -0.05) is 43.7 Å². The third kappa shape index (κ3) is 3.42. The highest BCUT2D eigenvalue weighted by molar-refractivity contribution is 5.27. The molecule has 106 valence electrons. The van der Waals surface area contributed by atoms with E-state index in [0.717, 1.165) is 12.8 Å². The molecule has 0 amide bonds. The van der Waals surface area contributed by atoms with Crippen molar-refractivity contribution in [2.75, 3.05) is 0 Å². The second kappa shape index (κ2) is 6.62. The van der Waals surface area contributed by atoms with Crippen LogP contribution in [0.25, 0.3) is 0 Å². The molecule has 0 aliphatic rings. The molecule has 0 aliphatic carbocycles. The third-order valence-corrected chi connectivity index (χ3v) is 3.36. The standard InChI is InChI=1S/C17H18F2O/c1-2-4-12-7-9-13(10-8-12)17(20)11-14-15(18)5-3-6-16(14)19/h3,5-10,17,20H,2,4,11H2,1H3. The smallest absolute Gasteiger partial charge is 0.129 e. The van der Waals surface area contributed by atoms with Crippen molar-refractivity contribution in [3.8, 4) is 0 Å². The Labute approximate surface area is 117 Å². The van der Waals surface area contributed by atoms with E-state index in [-0.39, 0.29) is 12.0 Å². The maximum Gasteiger partial charge on any atom is 0.129 e. The van der Waals surface area contributed by atoms with Crippen LogP contribution in [0.1, 0.15) is 36.1 Å². The molecule has 1 unspecified atom stereocenters. The fourth-order valence-corrected chi connectivity index (χ4v) is 2.23. The van der Waals surface area contributed by atoms with Crippen LogP contribution >= 0.6 is 0 Å². The molecule has 0 saturated heterocycles. The van der Waals surface area contributed by atoms with Gasteiger partial charge in [-0.15, -0.1) is 0 Å². The van der Waals surface area contributed by atoms with Crippen LogP contribution in [0.4, 0.5) is 8.78 Å². The lowest BCUT2D eigenvalue weighted by atomic mass is 9.99. The quantitative estimate of drug-likeness (QED) is 0.868. The van der Waals surface area contributed by atoms with Crippen LogP contribution in [-0.4, -0.2) is 5.11 Å². The van der Waals surface area contributed by atoms with Crippen molar-refractivity contribution >= 4 is 0 Å². The molecule has 0 bridgehead atoms. The Kier molecular flexibility index (Phi) is 4.85. The maximum absolute atomic E-state index is 13.5. The van der Waals surface area contributed by atoms with Gasteiger partial charge in [0.2, 0.25) is 0 Å². The van der Waals surface area contributed by atoms with E-state index in [1.54, 1.807) is 0 Å². The monoisotopic (exact) mass is 276 g/mol. The van der Waals surface area contributed by atoms with E-state index >= 15 is 0 Å². The first-order valence-electron chi connectivity index (χ1n) is 6.81. The number of aliphatic hydroxyl groups excluding tert-OH is 1. The van der Waals surface area contributed by atoms with Gasteiger partial charge < -0.3 is 5.11 Å². The molecule has 0 fully saturated rings. The summed E-state index contributed by atoms with van der Waals surface area (Å²) in [6.45, 7) is 2.10. The molecular weight excluding hydrogens is 258 g/mol. The van der Waals surface area contributed by atoms with Crippen molar-refractivity contribution in [3.05, 3.63) is 70.8 Å². The molecule has 0 saturated carbocycles. The second-order valence-corrected chi connectivity index (χ2v) is 4.91. The largest absolute Gasteiger partial charge is 0.388 e. The number of aryl methyl sites for hydroxylation is 1. The molecule has 0 spiro atoms. The fraction of sp³-hybridized carbons (Fsp3) is 0.294. The molecule has 1 atom stereocenters. The van der Waals surface area contributed by atoms with E-state index < -0.39 is 17.7 Å². The number of rotatable bonds is 5. The summed E-state index contributed by atoms with van der Waals surface area (Å²) in [7, 11) is 0. The predicted octanol–water partition coefficient (Wildman–Crippen LogP) is 4.19.